The topological polar surface area (TPSA) is 41.1 Å². The summed E-state index contributed by atoms with van der Waals surface area (Å²) in [5, 5.41) is 6.58. The molecule has 0 aromatic heterocycles. The lowest BCUT2D eigenvalue weighted by Crippen LogP contribution is -2.38. The smallest absolute Gasteiger partial charge is 0.253 e. The van der Waals surface area contributed by atoms with E-state index in [1.165, 1.54) is 19.3 Å². The van der Waals surface area contributed by atoms with Crippen LogP contribution in [0, 0.1) is 5.92 Å². The summed E-state index contributed by atoms with van der Waals surface area (Å²) in [5.74, 6) is 0.841. The van der Waals surface area contributed by atoms with Gasteiger partial charge in [0.15, 0.2) is 0 Å². The lowest BCUT2D eigenvalue weighted by atomic mass is 9.84. The number of nitrogens with one attached hydrogen (secondary N) is 2. The van der Waals surface area contributed by atoms with E-state index in [1.54, 1.807) is 0 Å². The zero-order chi connectivity index (χ0) is 15.1. The highest BCUT2D eigenvalue weighted by molar-refractivity contribution is 5.99. The Hall–Kier alpha value is -1.51. The highest BCUT2D eigenvalue weighted by atomic mass is 16.1. The Kier molecular flexibility index (Phi) is 6.09. The zero-order valence-corrected chi connectivity index (χ0v) is 13.3. The average molecular weight is 288 g/mol. The number of hydrogen-bond donors (Lipinski definition) is 2. The second kappa shape index (κ2) is 8.06. The Balaban J connectivity index is 1.99. The van der Waals surface area contributed by atoms with Gasteiger partial charge in [-0.2, -0.15) is 0 Å². The van der Waals surface area contributed by atoms with Gasteiger partial charge >= 0.3 is 0 Å². The third kappa shape index (κ3) is 4.48. The van der Waals surface area contributed by atoms with Crippen LogP contribution >= 0.6 is 0 Å². The first-order valence-electron chi connectivity index (χ1n) is 8.38. The molecule has 1 saturated carbocycles. The van der Waals surface area contributed by atoms with Crippen LogP contribution in [-0.4, -0.2) is 18.5 Å². The normalized spacial score (nSPS) is 21.8. The molecule has 2 rings (SSSR count). The van der Waals surface area contributed by atoms with Crippen molar-refractivity contribution in [2.75, 3.05) is 11.9 Å². The molecule has 0 bridgehead atoms. The molecule has 2 unspecified atom stereocenters. The Morgan fingerprint density at radius 2 is 2.05 bits per heavy atom. The van der Waals surface area contributed by atoms with Crippen molar-refractivity contribution in [2.45, 2.75) is 58.4 Å². The van der Waals surface area contributed by atoms with E-state index in [0.717, 1.165) is 43.0 Å². The van der Waals surface area contributed by atoms with Crippen LogP contribution in [-0.2, 0) is 0 Å². The molecule has 0 spiro atoms. The molecule has 2 atom stereocenters. The summed E-state index contributed by atoms with van der Waals surface area (Å²) >= 11 is 0. The number of anilines is 1. The van der Waals surface area contributed by atoms with Gasteiger partial charge in [0.05, 0.1) is 5.56 Å². The number of hydrogen-bond acceptors (Lipinski definition) is 2. The molecule has 0 aliphatic heterocycles. The summed E-state index contributed by atoms with van der Waals surface area (Å²) < 4.78 is 0. The predicted octanol–water partition coefficient (Wildman–Crippen LogP) is 4.21. The number of amides is 1. The van der Waals surface area contributed by atoms with E-state index in [4.69, 9.17) is 0 Å². The van der Waals surface area contributed by atoms with Crippen LogP contribution in [0.4, 0.5) is 5.69 Å². The van der Waals surface area contributed by atoms with E-state index < -0.39 is 0 Å². The number of rotatable bonds is 6. The molecule has 3 heteroatoms. The molecule has 21 heavy (non-hydrogen) atoms. The quantitative estimate of drug-likeness (QED) is 0.823. The van der Waals surface area contributed by atoms with Crippen molar-refractivity contribution >= 4 is 11.6 Å². The van der Waals surface area contributed by atoms with Crippen LogP contribution in [0.3, 0.4) is 0 Å². The van der Waals surface area contributed by atoms with Crippen molar-refractivity contribution in [3.63, 3.8) is 0 Å². The molecule has 1 aromatic carbocycles. The van der Waals surface area contributed by atoms with E-state index >= 15 is 0 Å². The molecule has 1 aliphatic carbocycles. The van der Waals surface area contributed by atoms with Crippen molar-refractivity contribution < 1.29 is 4.79 Å². The molecule has 0 radical (unpaired) electrons. The van der Waals surface area contributed by atoms with E-state index in [1.807, 2.05) is 24.3 Å². The molecular formula is C18H28N2O. The van der Waals surface area contributed by atoms with Gasteiger partial charge in [0.2, 0.25) is 0 Å². The maximum Gasteiger partial charge on any atom is 0.253 e. The van der Waals surface area contributed by atoms with Gasteiger partial charge in [-0.25, -0.2) is 0 Å². The zero-order valence-electron chi connectivity index (χ0n) is 13.3. The van der Waals surface area contributed by atoms with E-state index in [-0.39, 0.29) is 5.91 Å². The second-order valence-electron chi connectivity index (χ2n) is 6.08. The van der Waals surface area contributed by atoms with Crippen LogP contribution < -0.4 is 10.6 Å². The highest BCUT2D eigenvalue weighted by Gasteiger charge is 2.23. The summed E-state index contributed by atoms with van der Waals surface area (Å²) in [5.41, 5.74) is 1.71. The Labute approximate surface area is 128 Å². The summed E-state index contributed by atoms with van der Waals surface area (Å²) in [6.07, 6.45) is 7.08. The summed E-state index contributed by atoms with van der Waals surface area (Å²) in [6, 6.07) is 8.15. The molecule has 0 saturated heterocycles. The SMILES string of the molecule is CCCNc1ccccc1C(=O)NC1CCCC(CC)C1. The van der Waals surface area contributed by atoms with E-state index in [2.05, 4.69) is 24.5 Å². The van der Waals surface area contributed by atoms with Gasteiger partial charge in [0.25, 0.3) is 5.91 Å². The second-order valence-corrected chi connectivity index (χ2v) is 6.08. The molecule has 1 fully saturated rings. The number of carbonyl (C=O) groups excluding carboxylic acids is 1. The summed E-state index contributed by atoms with van der Waals surface area (Å²) in [6.45, 7) is 5.27. The standard InChI is InChI=1S/C18H28N2O/c1-3-12-19-17-11-6-5-10-16(17)18(21)20-15-9-7-8-14(4-2)13-15/h5-6,10-11,14-15,19H,3-4,7-9,12-13H2,1-2H3,(H,20,21). The highest BCUT2D eigenvalue weighted by Crippen LogP contribution is 2.27. The van der Waals surface area contributed by atoms with E-state index in [9.17, 15) is 4.79 Å². The van der Waals surface area contributed by atoms with Crippen LogP contribution in [0.1, 0.15) is 62.7 Å². The number of benzene rings is 1. The lowest BCUT2D eigenvalue weighted by molar-refractivity contribution is 0.0920. The van der Waals surface area contributed by atoms with Crippen molar-refractivity contribution in [3.8, 4) is 0 Å². The fourth-order valence-corrected chi connectivity index (χ4v) is 3.15. The molecule has 1 aromatic rings. The molecule has 0 heterocycles. The Morgan fingerprint density at radius 1 is 1.24 bits per heavy atom. The van der Waals surface area contributed by atoms with Gasteiger partial charge in [-0.1, -0.05) is 45.2 Å². The van der Waals surface area contributed by atoms with Gasteiger partial charge in [-0.05, 0) is 37.3 Å². The van der Waals surface area contributed by atoms with Crippen molar-refractivity contribution in [1.82, 2.24) is 5.32 Å². The van der Waals surface area contributed by atoms with Gasteiger partial charge < -0.3 is 10.6 Å². The number of carbonyl (C=O) groups is 1. The van der Waals surface area contributed by atoms with Gasteiger partial charge in [-0.15, -0.1) is 0 Å². The Morgan fingerprint density at radius 3 is 2.81 bits per heavy atom. The van der Waals surface area contributed by atoms with Gasteiger partial charge in [0.1, 0.15) is 0 Å². The number of para-hydroxylation sites is 1. The van der Waals surface area contributed by atoms with Crippen molar-refractivity contribution in [1.29, 1.82) is 0 Å². The maximum atomic E-state index is 12.5. The Bertz CT molecular complexity index is 458. The average Bonchev–Trinajstić information content (AvgIpc) is 2.53. The minimum atomic E-state index is 0.0657. The minimum Gasteiger partial charge on any atom is -0.384 e. The first-order valence-corrected chi connectivity index (χ1v) is 8.38. The monoisotopic (exact) mass is 288 g/mol. The molecule has 1 aliphatic rings. The van der Waals surface area contributed by atoms with Crippen LogP contribution in [0.2, 0.25) is 0 Å². The lowest BCUT2D eigenvalue weighted by Gasteiger charge is -2.29. The fourth-order valence-electron chi connectivity index (χ4n) is 3.15. The fraction of sp³-hybridized carbons (Fsp3) is 0.611. The van der Waals surface area contributed by atoms with Gasteiger partial charge in [-0.3, -0.25) is 4.79 Å². The molecule has 1 amide bonds. The maximum absolute atomic E-state index is 12.5. The van der Waals surface area contributed by atoms with Gasteiger partial charge in [0, 0.05) is 18.3 Å². The molecular weight excluding hydrogens is 260 g/mol. The third-order valence-electron chi connectivity index (χ3n) is 4.43. The summed E-state index contributed by atoms with van der Waals surface area (Å²) in [4.78, 5) is 12.5. The molecule has 2 N–H and O–H groups in total. The first kappa shape index (κ1) is 15.9. The van der Waals surface area contributed by atoms with Crippen molar-refractivity contribution in [3.05, 3.63) is 29.8 Å². The largest absolute Gasteiger partial charge is 0.384 e. The summed E-state index contributed by atoms with van der Waals surface area (Å²) in [7, 11) is 0. The van der Waals surface area contributed by atoms with E-state index in [0.29, 0.717) is 6.04 Å². The third-order valence-corrected chi connectivity index (χ3v) is 4.43. The predicted molar refractivity (Wildman–Crippen MR) is 88.7 cm³/mol. The van der Waals surface area contributed by atoms with Crippen molar-refractivity contribution in [2.24, 2.45) is 5.92 Å². The van der Waals surface area contributed by atoms with Crippen LogP contribution in [0.5, 0.6) is 0 Å². The first-order chi connectivity index (χ1) is 10.2. The van der Waals surface area contributed by atoms with Crippen LogP contribution in [0.15, 0.2) is 24.3 Å². The molecule has 116 valence electrons. The van der Waals surface area contributed by atoms with Crippen LogP contribution in [0.25, 0.3) is 0 Å². The molecule has 3 nitrogen and oxygen atoms in total. The minimum absolute atomic E-state index is 0.0657.